The van der Waals surface area contributed by atoms with E-state index < -0.39 is 0 Å². The maximum atomic E-state index is 13.5. The van der Waals surface area contributed by atoms with Crippen molar-refractivity contribution in [2.45, 2.75) is 12.8 Å². The fourth-order valence-electron chi connectivity index (χ4n) is 4.94. The van der Waals surface area contributed by atoms with Crippen LogP contribution >= 0.6 is 0 Å². The van der Waals surface area contributed by atoms with Crippen LogP contribution in [-0.2, 0) is 0 Å². The Morgan fingerprint density at radius 1 is 0.900 bits per heavy atom. The molecule has 1 fully saturated rings. The molecule has 3 aromatic carbocycles. The van der Waals surface area contributed by atoms with Crippen LogP contribution in [0.25, 0.3) is 22.3 Å². The first-order valence-electron chi connectivity index (χ1n) is 13.1. The predicted octanol–water partition coefficient (Wildman–Crippen LogP) is 5.21. The molecule has 1 aliphatic rings. The Hall–Kier alpha value is -4.50. The van der Waals surface area contributed by atoms with Gasteiger partial charge in [-0.3, -0.25) is 14.5 Å². The van der Waals surface area contributed by atoms with Crippen molar-refractivity contribution in [2.24, 2.45) is 0 Å². The van der Waals surface area contributed by atoms with Crippen molar-refractivity contribution in [3.8, 4) is 34.3 Å². The number of nitrogens with one attached hydrogen (secondary N) is 1. The lowest BCUT2D eigenvalue weighted by Gasteiger charge is -2.18. The standard InChI is InChI=1S/C31H32N2O7/c1-36-24-12-5-4-11-22(24)31(35)32-21-10-8-9-20(17-21)25-18-23(34)28-26(40-25)19-27(37-2)29(38-3)30(28)39-16-15-33-13-6-7-14-33/h4-5,8-12,17-19H,6-7,13-16H2,1-3H3,(H,32,35). The molecule has 1 amide bonds. The zero-order chi connectivity index (χ0) is 28.1. The van der Waals surface area contributed by atoms with E-state index in [2.05, 4.69) is 10.2 Å². The van der Waals surface area contributed by atoms with Crippen LogP contribution in [0.15, 0.2) is 69.9 Å². The van der Waals surface area contributed by atoms with Crippen molar-refractivity contribution in [1.29, 1.82) is 0 Å². The number of methoxy groups -OCH3 is 3. The lowest BCUT2D eigenvalue weighted by molar-refractivity contribution is 0.102. The summed E-state index contributed by atoms with van der Waals surface area (Å²) in [6, 6.07) is 17.1. The zero-order valence-electron chi connectivity index (χ0n) is 22.8. The Morgan fingerprint density at radius 3 is 2.42 bits per heavy atom. The average Bonchev–Trinajstić information content (AvgIpc) is 3.50. The summed E-state index contributed by atoms with van der Waals surface area (Å²) in [6.45, 7) is 3.24. The van der Waals surface area contributed by atoms with Crippen LogP contribution in [0.1, 0.15) is 23.2 Å². The average molecular weight is 545 g/mol. The molecule has 5 rings (SSSR count). The summed E-state index contributed by atoms with van der Waals surface area (Å²) >= 11 is 0. The molecule has 0 bridgehead atoms. The van der Waals surface area contributed by atoms with Gasteiger partial charge in [0.15, 0.2) is 16.9 Å². The fourth-order valence-corrected chi connectivity index (χ4v) is 4.94. The molecule has 0 unspecified atom stereocenters. The van der Waals surface area contributed by atoms with Crippen molar-refractivity contribution in [2.75, 3.05) is 52.9 Å². The Morgan fingerprint density at radius 2 is 1.68 bits per heavy atom. The van der Waals surface area contributed by atoms with Crippen LogP contribution in [0, 0.1) is 0 Å². The van der Waals surface area contributed by atoms with Gasteiger partial charge in [-0.2, -0.15) is 0 Å². The van der Waals surface area contributed by atoms with Crippen molar-refractivity contribution >= 4 is 22.6 Å². The van der Waals surface area contributed by atoms with Crippen molar-refractivity contribution < 1.29 is 28.2 Å². The van der Waals surface area contributed by atoms with Gasteiger partial charge in [-0.25, -0.2) is 0 Å². The lowest BCUT2D eigenvalue weighted by atomic mass is 10.1. The molecule has 0 saturated carbocycles. The van der Waals surface area contributed by atoms with E-state index >= 15 is 0 Å². The third-order valence-electron chi connectivity index (χ3n) is 6.93. The van der Waals surface area contributed by atoms with E-state index in [1.165, 1.54) is 40.2 Å². The highest BCUT2D eigenvalue weighted by molar-refractivity contribution is 6.06. The number of fused-ring (bicyclic) bond motifs is 1. The molecule has 0 aliphatic carbocycles. The second-order valence-corrected chi connectivity index (χ2v) is 9.42. The van der Waals surface area contributed by atoms with Gasteiger partial charge in [-0.05, 0) is 50.2 Å². The topological polar surface area (TPSA) is 99.5 Å². The molecule has 0 spiro atoms. The van der Waals surface area contributed by atoms with Gasteiger partial charge in [0.1, 0.15) is 29.1 Å². The van der Waals surface area contributed by atoms with Gasteiger partial charge in [0.25, 0.3) is 5.91 Å². The Kier molecular flexibility index (Phi) is 8.21. The number of rotatable bonds is 10. The molecule has 1 N–H and O–H groups in total. The molecule has 9 nitrogen and oxygen atoms in total. The van der Waals surface area contributed by atoms with Crippen LogP contribution < -0.4 is 29.7 Å². The number of benzene rings is 3. The fraction of sp³-hybridized carbons (Fsp3) is 0.290. The largest absolute Gasteiger partial charge is 0.496 e. The molecule has 4 aromatic rings. The Labute approximate surface area is 232 Å². The van der Waals surface area contributed by atoms with E-state index in [0.717, 1.165) is 19.6 Å². The van der Waals surface area contributed by atoms with Crippen LogP contribution in [0.3, 0.4) is 0 Å². The number of likely N-dealkylation sites (tertiary alicyclic amines) is 1. The van der Waals surface area contributed by atoms with E-state index in [-0.39, 0.29) is 16.7 Å². The summed E-state index contributed by atoms with van der Waals surface area (Å²) in [5, 5.41) is 3.17. The number of nitrogens with zero attached hydrogens (tertiary/aromatic N) is 1. The van der Waals surface area contributed by atoms with Gasteiger partial charge < -0.3 is 28.7 Å². The molecule has 2 heterocycles. The monoisotopic (exact) mass is 544 g/mol. The molecule has 9 heteroatoms. The van der Waals surface area contributed by atoms with Gasteiger partial charge in [-0.1, -0.05) is 24.3 Å². The highest BCUT2D eigenvalue weighted by atomic mass is 16.5. The molecule has 1 saturated heterocycles. The summed E-state index contributed by atoms with van der Waals surface area (Å²) in [6.07, 6.45) is 2.37. The van der Waals surface area contributed by atoms with E-state index in [0.29, 0.717) is 57.8 Å². The van der Waals surface area contributed by atoms with E-state index in [1.807, 2.05) is 0 Å². The van der Waals surface area contributed by atoms with Crippen molar-refractivity contribution in [1.82, 2.24) is 4.90 Å². The number of ether oxygens (including phenoxy) is 4. The van der Waals surface area contributed by atoms with Crippen LogP contribution in [0.2, 0.25) is 0 Å². The van der Waals surface area contributed by atoms with Gasteiger partial charge in [0, 0.05) is 29.9 Å². The second kappa shape index (κ2) is 12.1. The first kappa shape index (κ1) is 27.1. The first-order valence-corrected chi connectivity index (χ1v) is 13.1. The maximum absolute atomic E-state index is 13.5. The van der Waals surface area contributed by atoms with E-state index in [4.69, 9.17) is 23.4 Å². The first-order chi connectivity index (χ1) is 19.5. The number of carbonyl (C=O) groups excluding carboxylic acids is 1. The minimum atomic E-state index is -0.317. The predicted molar refractivity (Wildman–Crippen MR) is 153 cm³/mol. The normalized spacial score (nSPS) is 13.3. The zero-order valence-corrected chi connectivity index (χ0v) is 22.8. The summed E-state index contributed by atoms with van der Waals surface area (Å²) in [5.74, 6) is 1.53. The van der Waals surface area contributed by atoms with E-state index in [1.54, 1.807) is 54.6 Å². The summed E-state index contributed by atoms with van der Waals surface area (Å²) in [5.41, 5.74) is 1.58. The number of para-hydroxylation sites is 1. The van der Waals surface area contributed by atoms with E-state index in [9.17, 15) is 9.59 Å². The van der Waals surface area contributed by atoms with Gasteiger partial charge >= 0.3 is 0 Å². The molecule has 40 heavy (non-hydrogen) atoms. The maximum Gasteiger partial charge on any atom is 0.259 e. The third-order valence-corrected chi connectivity index (χ3v) is 6.93. The molecule has 1 aliphatic heterocycles. The van der Waals surface area contributed by atoms with Crippen LogP contribution in [-0.4, -0.2) is 58.4 Å². The second-order valence-electron chi connectivity index (χ2n) is 9.42. The molecule has 0 radical (unpaired) electrons. The minimum Gasteiger partial charge on any atom is -0.496 e. The third kappa shape index (κ3) is 5.60. The quantitative estimate of drug-likeness (QED) is 0.290. The lowest BCUT2D eigenvalue weighted by Crippen LogP contribution is -2.25. The highest BCUT2D eigenvalue weighted by Gasteiger charge is 2.22. The minimum absolute atomic E-state index is 0.281. The van der Waals surface area contributed by atoms with Gasteiger partial charge in [-0.15, -0.1) is 0 Å². The molecular formula is C31H32N2O7. The number of anilines is 1. The number of hydrogen-bond donors (Lipinski definition) is 1. The molecular weight excluding hydrogens is 512 g/mol. The number of carbonyl (C=O) groups is 1. The highest BCUT2D eigenvalue weighted by Crippen LogP contribution is 2.43. The molecule has 1 aromatic heterocycles. The smallest absolute Gasteiger partial charge is 0.259 e. The summed E-state index contributed by atoms with van der Waals surface area (Å²) in [7, 11) is 4.55. The van der Waals surface area contributed by atoms with Crippen LogP contribution in [0.4, 0.5) is 5.69 Å². The summed E-state index contributed by atoms with van der Waals surface area (Å²) < 4.78 is 28.8. The SMILES string of the molecule is COc1ccccc1C(=O)Nc1cccc(-c2cc(=O)c3c(OCCN4CCCC4)c(OC)c(OC)cc3o2)c1. The number of amides is 1. The number of hydrogen-bond acceptors (Lipinski definition) is 8. The Balaban J connectivity index is 1.47. The van der Waals surface area contributed by atoms with Crippen molar-refractivity contribution in [3.05, 3.63) is 76.5 Å². The summed E-state index contributed by atoms with van der Waals surface area (Å²) in [4.78, 5) is 28.7. The van der Waals surface area contributed by atoms with Gasteiger partial charge in [0.05, 0.1) is 26.9 Å². The van der Waals surface area contributed by atoms with Crippen molar-refractivity contribution in [3.63, 3.8) is 0 Å². The van der Waals surface area contributed by atoms with Crippen LogP contribution in [0.5, 0.6) is 23.0 Å². The van der Waals surface area contributed by atoms with Gasteiger partial charge in [0.2, 0.25) is 5.75 Å². The molecule has 0 atom stereocenters. The Bertz CT molecular complexity index is 1570. The molecule has 208 valence electrons.